The Balaban J connectivity index is 1.58. The van der Waals surface area contributed by atoms with Crippen molar-refractivity contribution in [2.45, 2.75) is 56.0 Å². The van der Waals surface area contributed by atoms with E-state index in [1.165, 1.54) is 11.3 Å². The number of alkyl halides is 2. The standard InChI is InChI=1S/C18H19F2N5OS/c19-18(20)4-1-12(2-5-18)15(22-16(26)13-3-8-27-10-13)14-9-25(24-23-14)17(11-21)6-7-17/h3,8-10,12,15H,1-2,4-7H2,(H,22,26). The van der Waals surface area contributed by atoms with Gasteiger partial charge in [0.2, 0.25) is 5.92 Å². The fraction of sp³-hybridized carbons (Fsp3) is 0.556. The predicted molar refractivity (Wildman–Crippen MR) is 94.3 cm³/mol. The Morgan fingerprint density at radius 1 is 1.37 bits per heavy atom. The van der Waals surface area contributed by atoms with Crippen molar-refractivity contribution in [2.75, 3.05) is 0 Å². The summed E-state index contributed by atoms with van der Waals surface area (Å²) in [4.78, 5) is 12.6. The first-order chi connectivity index (χ1) is 12.9. The highest BCUT2D eigenvalue weighted by atomic mass is 32.1. The Morgan fingerprint density at radius 2 is 2.11 bits per heavy atom. The fourth-order valence-electron chi connectivity index (χ4n) is 3.59. The van der Waals surface area contributed by atoms with Crippen molar-refractivity contribution in [1.29, 1.82) is 5.26 Å². The van der Waals surface area contributed by atoms with Crippen molar-refractivity contribution in [3.8, 4) is 6.07 Å². The molecule has 2 fully saturated rings. The molecular weight excluding hydrogens is 372 g/mol. The van der Waals surface area contributed by atoms with E-state index in [0.717, 1.165) is 0 Å². The zero-order valence-electron chi connectivity index (χ0n) is 14.6. The van der Waals surface area contributed by atoms with Crippen molar-refractivity contribution in [1.82, 2.24) is 20.3 Å². The molecule has 2 aromatic rings. The number of rotatable bonds is 5. The first kappa shape index (κ1) is 18.0. The minimum Gasteiger partial charge on any atom is -0.343 e. The molecule has 9 heteroatoms. The summed E-state index contributed by atoms with van der Waals surface area (Å²) in [6.45, 7) is 0. The quantitative estimate of drug-likeness (QED) is 0.843. The van der Waals surface area contributed by atoms with Crippen LogP contribution in [0.4, 0.5) is 8.78 Å². The molecule has 2 saturated carbocycles. The van der Waals surface area contributed by atoms with Crippen LogP contribution in [-0.4, -0.2) is 26.8 Å². The third-order valence-corrected chi connectivity index (χ3v) is 6.19. The summed E-state index contributed by atoms with van der Waals surface area (Å²) < 4.78 is 28.7. The van der Waals surface area contributed by atoms with Crippen molar-refractivity contribution in [3.63, 3.8) is 0 Å². The maximum Gasteiger partial charge on any atom is 0.252 e. The maximum absolute atomic E-state index is 13.6. The van der Waals surface area contributed by atoms with Crippen molar-refractivity contribution < 1.29 is 13.6 Å². The SMILES string of the molecule is N#CC1(n2cc(C(NC(=O)c3ccsc3)C3CCC(F)(F)CC3)nn2)CC1. The Morgan fingerprint density at radius 3 is 2.70 bits per heavy atom. The third kappa shape index (κ3) is 3.58. The zero-order chi connectivity index (χ0) is 19.1. The molecule has 6 nitrogen and oxygen atoms in total. The Bertz CT molecular complexity index is 859. The van der Waals surface area contributed by atoms with Crippen LogP contribution in [0.1, 0.15) is 60.6 Å². The largest absolute Gasteiger partial charge is 0.343 e. The number of carbonyl (C=O) groups excluding carboxylic acids is 1. The summed E-state index contributed by atoms with van der Waals surface area (Å²) in [5, 5.41) is 24.1. The Hall–Kier alpha value is -2.34. The van der Waals surface area contributed by atoms with Crippen molar-refractivity contribution in [2.24, 2.45) is 5.92 Å². The number of halogens is 2. The topological polar surface area (TPSA) is 83.6 Å². The molecule has 1 amide bonds. The molecule has 0 aromatic carbocycles. The van der Waals surface area contributed by atoms with E-state index >= 15 is 0 Å². The normalized spacial score (nSPS) is 22.0. The van der Waals surface area contributed by atoms with Gasteiger partial charge < -0.3 is 5.32 Å². The average molecular weight is 391 g/mol. The number of hydrogen-bond donors (Lipinski definition) is 1. The van der Waals surface area contributed by atoms with Crippen LogP contribution in [0.5, 0.6) is 0 Å². The predicted octanol–water partition coefficient (Wildman–Crippen LogP) is 3.65. The molecule has 0 bridgehead atoms. The van der Waals surface area contributed by atoms with Gasteiger partial charge in [-0.2, -0.15) is 16.6 Å². The number of amides is 1. The van der Waals surface area contributed by atoms with Gasteiger partial charge >= 0.3 is 0 Å². The van der Waals surface area contributed by atoms with E-state index in [0.29, 0.717) is 36.9 Å². The summed E-state index contributed by atoms with van der Waals surface area (Å²) in [5.41, 5.74) is 0.414. The number of aromatic nitrogens is 3. The second kappa shape index (κ2) is 6.68. The molecule has 1 N–H and O–H groups in total. The molecule has 142 valence electrons. The molecule has 2 heterocycles. The van der Waals surface area contributed by atoms with E-state index in [1.54, 1.807) is 22.3 Å². The van der Waals surface area contributed by atoms with Crippen LogP contribution in [0.25, 0.3) is 0 Å². The zero-order valence-corrected chi connectivity index (χ0v) is 15.4. The van der Waals surface area contributed by atoms with Crippen LogP contribution in [-0.2, 0) is 5.54 Å². The van der Waals surface area contributed by atoms with Crippen LogP contribution < -0.4 is 5.32 Å². The van der Waals surface area contributed by atoms with Gasteiger partial charge in [0.25, 0.3) is 5.91 Å². The first-order valence-corrected chi connectivity index (χ1v) is 9.92. The van der Waals surface area contributed by atoms with Gasteiger partial charge in [0, 0.05) is 18.2 Å². The molecule has 27 heavy (non-hydrogen) atoms. The molecule has 1 unspecified atom stereocenters. The highest BCUT2D eigenvalue weighted by molar-refractivity contribution is 7.08. The van der Waals surface area contributed by atoms with E-state index in [4.69, 9.17) is 0 Å². The molecule has 0 spiro atoms. The monoisotopic (exact) mass is 391 g/mol. The highest BCUT2D eigenvalue weighted by Gasteiger charge is 2.47. The molecule has 0 aliphatic heterocycles. The van der Waals surface area contributed by atoms with Crippen molar-refractivity contribution >= 4 is 17.2 Å². The number of nitriles is 1. The van der Waals surface area contributed by atoms with Crippen LogP contribution >= 0.6 is 11.3 Å². The van der Waals surface area contributed by atoms with E-state index < -0.39 is 17.5 Å². The summed E-state index contributed by atoms with van der Waals surface area (Å²) in [5.74, 6) is -3.04. The summed E-state index contributed by atoms with van der Waals surface area (Å²) >= 11 is 1.42. The lowest BCUT2D eigenvalue weighted by atomic mass is 9.81. The van der Waals surface area contributed by atoms with Gasteiger partial charge in [0.05, 0.1) is 23.9 Å². The first-order valence-electron chi connectivity index (χ1n) is 8.97. The molecule has 2 aliphatic rings. The summed E-state index contributed by atoms with van der Waals surface area (Å²) in [6.07, 6.45) is 3.33. The lowest BCUT2D eigenvalue weighted by molar-refractivity contribution is -0.0495. The average Bonchev–Trinajstić information content (AvgIpc) is 3.06. The molecule has 1 atom stereocenters. The number of hydrogen-bond acceptors (Lipinski definition) is 5. The minimum atomic E-state index is -2.64. The van der Waals surface area contributed by atoms with Gasteiger partial charge in [-0.15, -0.1) is 5.10 Å². The van der Waals surface area contributed by atoms with E-state index in [9.17, 15) is 18.8 Å². The van der Waals surface area contributed by atoms with Crippen LogP contribution in [0, 0.1) is 17.2 Å². The van der Waals surface area contributed by atoms with Gasteiger partial charge in [-0.1, -0.05) is 5.21 Å². The van der Waals surface area contributed by atoms with E-state index in [1.807, 2.05) is 5.38 Å². The summed E-state index contributed by atoms with van der Waals surface area (Å²) in [6, 6.07) is 3.47. The minimum absolute atomic E-state index is 0.144. The lowest BCUT2D eigenvalue weighted by Gasteiger charge is -2.33. The molecule has 0 saturated heterocycles. The molecule has 2 aromatic heterocycles. The summed E-state index contributed by atoms with van der Waals surface area (Å²) in [7, 11) is 0. The van der Waals surface area contributed by atoms with Crippen LogP contribution in [0.15, 0.2) is 23.0 Å². The van der Waals surface area contributed by atoms with Gasteiger partial charge in [-0.25, -0.2) is 13.5 Å². The van der Waals surface area contributed by atoms with E-state index in [-0.39, 0.29) is 24.7 Å². The van der Waals surface area contributed by atoms with Crippen LogP contribution in [0.2, 0.25) is 0 Å². The maximum atomic E-state index is 13.6. The molecule has 4 rings (SSSR count). The Kier molecular flexibility index (Phi) is 4.46. The molecular formula is C18H19F2N5OS. The smallest absolute Gasteiger partial charge is 0.252 e. The Labute approximate surface area is 159 Å². The number of nitrogens with zero attached hydrogens (tertiary/aromatic N) is 4. The third-order valence-electron chi connectivity index (χ3n) is 5.50. The fourth-order valence-corrected chi connectivity index (χ4v) is 4.22. The molecule has 2 aliphatic carbocycles. The van der Waals surface area contributed by atoms with Crippen molar-refractivity contribution in [3.05, 3.63) is 34.3 Å². The number of thiophene rings is 1. The van der Waals surface area contributed by atoms with Gasteiger partial charge in [-0.05, 0) is 43.0 Å². The lowest BCUT2D eigenvalue weighted by Crippen LogP contribution is -2.37. The number of nitrogens with one attached hydrogen (secondary N) is 1. The van der Waals surface area contributed by atoms with Gasteiger partial charge in [0.1, 0.15) is 5.69 Å². The second-order valence-corrected chi connectivity index (χ2v) is 8.17. The van der Waals surface area contributed by atoms with E-state index in [2.05, 4.69) is 21.7 Å². The number of carbonyl (C=O) groups is 1. The highest BCUT2D eigenvalue weighted by Crippen LogP contribution is 2.44. The van der Waals surface area contributed by atoms with Gasteiger partial charge in [-0.3, -0.25) is 4.79 Å². The molecule has 0 radical (unpaired) electrons. The van der Waals surface area contributed by atoms with Gasteiger partial charge in [0.15, 0.2) is 5.54 Å². The second-order valence-electron chi connectivity index (χ2n) is 7.39. The van der Waals surface area contributed by atoms with Crippen LogP contribution in [0.3, 0.4) is 0 Å².